The van der Waals surface area contributed by atoms with E-state index in [9.17, 15) is 0 Å². The Kier molecular flexibility index (Phi) is 5.26. The molecule has 0 saturated carbocycles. The Balaban J connectivity index is 1.78. The van der Waals surface area contributed by atoms with Gasteiger partial charge in [-0.1, -0.05) is 6.42 Å². The van der Waals surface area contributed by atoms with Crippen molar-refractivity contribution in [3.63, 3.8) is 0 Å². The molecule has 2 unspecified atom stereocenters. The van der Waals surface area contributed by atoms with E-state index in [-0.39, 0.29) is 0 Å². The maximum Gasteiger partial charge on any atom is 0.0507 e. The first kappa shape index (κ1) is 13.3. The van der Waals surface area contributed by atoms with Gasteiger partial charge in [0, 0.05) is 31.8 Å². The maximum atomic E-state index is 5.49. The fraction of sp³-hybridized carbons (Fsp3) is 1.00. The smallest absolute Gasteiger partial charge is 0.0507 e. The Hall–Kier alpha value is -0.120. The summed E-state index contributed by atoms with van der Waals surface area (Å²) in [5.74, 6) is 0.765. The first-order valence-electron chi connectivity index (χ1n) is 7.31. The fourth-order valence-electron chi connectivity index (χ4n) is 2.92. The van der Waals surface area contributed by atoms with E-state index in [4.69, 9.17) is 4.74 Å². The lowest BCUT2D eigenvalue weighted by Gasteiger charge is -2.34. The standard InChI is InChI=1S/C14H28N2O/c1-12(2)16(9-13-6-8-17-11-13)10-14-5-3-4-7-15-14/h12-15H,3-11H2,1-2H3. The summed E-state index contributed by atoms with van der Waals surface area (Å²) in [7, 11) is 0. The zero-order valence-corrected chi connectivity index (χ0v) is 11.5. The van der Waals surface area contributed by atoms with Gasteiger partial charge in [-0.3, -0.25) is 4.90 Å². The fourth-order valence-corrected chi connectivity index (χ4v) is 2.92. The van der Waals surface area contributed by atoms with E-state index in [1.165, 1.54) is 45.3 Å². The van der Waals surface area contributed by atoms with Crippen molar-refractivity contribution in [2.45, 2.75) is 51.6 Å². The maximum absolute atomic E-state index is 5.49. The molecule has 0 aliphatic carbocycles. The van der Waals surface area contributed by atoms with Crippen LogP contribution in [0, 0.1) is 5.92 Å². The Bertz CT molecular complexity index is 208. The number of nitrogens with one attached hydrogen (secondary N) is 1. The van der Waals surface area contributed by atoms with Crippen LogP contribution in [0.4, 0.5) is 0 Å². The van der Waals surface area contributed by atoms with Crippen LogP contribution in [0.1, 0.15) is 39.5 Å². The van der Waals surface area contributed by atoms with Gasteiger partial charge in [-0.15, -0.1) is 0 Å². The average Bonchev–Trinajstić information content (AvgIpc) is 2.82. The molecule has 0 spiro atoms. The Morgan fingerprint density at radius 1 is 1.24 bits per heavy atom. The molecule has 0 aromatic heterocycles. The lowest BCUT2D eigenvalue weighted by Crippen LogP contribution is -2.47. The van der Waals surface area contributed by atoms with Crippen molar-refractivity contribution in [1.29, 1.82) is 0 Å². The number of ether oxygens (including phenoxy) is 1. The summed E-state index contributed by atoms with van der Waals surface area (Å²) < 4.78 is 5.49. The molecular weight excluding hydrogens is 212 g/mol. The topological polar surface area (TPSA) is 24.5 Å². The van der Waals surface area contributed by atoms with Gasteiger partial charge in [0.05, 0.1) is 6.61 Å². The molecule has 2 saturated heterocycles. The van der Waals surface area contributed by atoms with Gasteiger partial charge in [-0.05, 0) is 45.6 Å². The highest BCUT2D eigenvalue weighted by Crippen LogP contribution is 2.17. The third kappa shape index (κ3) is 4.23. The van der Waals surface area contributed by atoms with Crippen LogP contribution in [0.25, 0.3) is 0 Å². The summed E-state index contributed by atoms with van der Waals surface area (Å²) in [4.78, 5) is 2.64. The highest BCUT2D eigenvalue weighted by molar-refractivity contribution is 4.80. The summed E-state index contributed by atoms with van der Waals surface area (Å²) in [6.45, 7) is 10.2. The van der Waals surface area contributed by atoms with Gasteiger partial charge in [0.2, 0.25) is 0 Å². The SMILES string of the molecule is CC(C)N(CC1CCOC1)CC1CCCCN1. The normalized spacial score (nSPS) is 30.4. The van der Waals surface area contributed by atoms with Crippen molar-refractivity contribution in [3.8, 4) is 0 Å². The van der Waals surface area contributed by atoms with Crippen LogP contribution in [0.2, 0.25) is 0 Å². The predicted molar refractivity (Wildman–Crippen MR) is 71.3 cm³/mol. The van der Waals surface area contributed by atoms with Crippen LogP contribution in [0.5, 0.6) is 0 Å². The molecule has 0 bridgehead atoms. The lowest BCUT2D eigenvalue weighted by molar-refractivity contribution is 0.139. The molecule has 2 atom stereocenters. The quantitative estimate of drug-likeness (QED) is 0.794. The number of nitrogens with zero attached hydrogens (tertiary/aromatic N) is 1. The van der Waals surface area contributed by atoms with Crippen LogP contribution in [-0.2, 0) is 4.74 Å². The van der Waals surface area contributed by atoms with E-state index >= 15 is 0 Å². The summed E-state index contributed by atoms with van der Waals surface area (Å²) in [6.07, 6.45) is 5.36. The summed E-state index contributed by atoms with van der Waals surface area (Å²) in [5.41, 5.74) is 0. The summed E-state index contributed by atoms with van der Waals surface area (Å²) >= 11 is 0. The summed E-state index contributed by atoms with van der Waals surface area (Å²) in [5, 5.41) is 3.66. The number of hydrogen-bond donors (Lipinski definition) is 1. The van der Waals surface area contributed by atoms with Gasteiger partial charge in [-0.2, -0.15) is 0 Å². The molecule has 0 radical (unpaired) electrons. The van der Waals surface area contributed by atoms with E-state index < -0.39 is 0 Å². The molecular formula is C14H28N2O. The average molecular weight is 240 g/mol. The molecule has 2 aliphatic heterocycles. The monoisotopic (exact) mass is 240 g/mol. The third-order valence-corrected chi connectivity index (χ3v) is 4.11. The van der Waals surface area contributed by atoms with Crippen molar-refractivity contribution in [1.82, 2.24) is 10.2 Å². The molecule has 0 aromatic carbocycles. The van der Waals surface area contributed by atoms with Gasteiger partial charge in [0.25, 0.3) is 0 Å². The Morgan fingerprint density at radius 2 is 2.12 bits per heavy atom. The van der Waals surface area contributed by atoms with Gasteiger partial charge in [0.15, 0.2) is 0 Å². The van der Waals surface area contributed by atoms with Gasteiger partial charge in [-0.25, -0.2) is 0 Å². The second-order valence-corrected chi connectivity index (χ2v) is 5.92. The third-order valence-electron chi connectivity index (χ3n) is 4.11. The molecule has 2 aliphatic rings. The van der Waals surface area contributed by atoms with E-state index in [2.05, 4.69) is 24.1 Å². The molecule has 0 aromatic rings. The van der Waals surface area contributed by atoms with E-state index in [0.29, 0.717) is 12.1 Å². The first-order valence-corrected chi connectivity index (χ1v) is 7.31. The van der Waals surface area contributed by atoms with Crippen molar-refractivity contribution < 1.29 is 4.74 Å². The van der Waals surface area contributed by atoms with Crippen LogP contribution < -0.4 is 5.32 Å². The molecule has 3 heteroatoms. The Morgan fingerprint density at radius 3 is 2.71 bits per heavy atom. The largest absolute Gasteiger partial charge is 0.381 e. The van der Waals surface area contributed by atoms with Crippen molar-refractivity contribution in [2.75, 3.05) is 32.8 Å². The molecule has 0 amide bonds. The van der Waals surface area contributed by atoms with Crippen LogP contribution in [0.15, 0.2) is 0 Å². The minimum atomic E-state index is 0.652. The van der Waals surface area contributed by atoms with Gasteiger partial charge >= 0.3 is 0 Å². The lowest BCUT2D eigenvalue weighted by atomic mass is 10.0. The molecule has 2 rings (SSSR count). The number of hydrogen-bond acceptors (Lipinski definition) is 3. The van der Waals surface area contributed by atoms with E-state index in [1.807, 2.05) is 0 Å². The van der Waals surface area contributed by atoms with Crippen molar-refractivity contribution in [3.05, 3.63) is 0 Å². The summed E-state index contributed by atoms with van der Waals surface area (Å²) in [6, 6.07) is 1.37. The zero-order chi connectivity index (χ0) is 12.1. The second kappa shape index (κ2) is 6.72. The van der Waals surface area contributed by atoms with Crippen LogP contribution in [0.3, 0.4) is 0 Å². The number of rotatable bonds is 5. The predicted octanol–water partition coefficient (Wildman–Crippen LogP) is 1.88. The molecule has 100 valence electrons. The number of piperidine rings is 1. The molecule has 2 heterocycles. The van der Waals surface area contributed by atoms with Crippen molar-refractivity contribution >= 4 is 0 Å². The highest BCUT2D eigenvalue weighted by Gasteiger charge is 2.23. The Labute approximate surface area is 106 Å². The molecule has 17 heavy (non-hydrogen) atoms. The van der Waals surface area contributed by atoms with E-state index in [1.54, 1.807) is 0 Å². The molecule has 3 nitrogen and oxygen atoms in total. The zero-order valence-electron chi connectivity index (χ0n) is 11.5. The molecule has 2 fully saturated rings. The first-order chi connectivity index (χ1) is 8.25. The van der Waals surface area contributed by atoms with Crippen LogP contribution in [-0.4, -0.2) is 49.8 Å². The highest BCUT2D eigenvalue weighted by atomic mass is 16.5. The van der Waals surface area contributed by atoms with Gasteiger partial charge < -0.3 is 10.1 Å². The second-order valence-electron chi connectivity index (χ2n) is 5.92. The van der Waals surface area contributed by atoms with Gasteiger partial charge in [0.1, 0.15) is 0 Å². The van der Waals surface area contributed by atoms with Crippen LogP contribution >= 0.6 is 0 Å². The minimum Gasteiger partial charge on any atom is -0.381 e. The molecule has 1 N–H and O–H groups in total. The minimum absolute atomic E-state index is 0.652. The van der Waals surface area contributed by atoms with E-state index in [0.717, 1.165) is 19.1 Å². The van der Waals surface area contributed by atoms with Crippen molar-refractivity contribution in [2.24, 2.45) is 5.92 Å².